The molecule has 20 heavy (non-hydrogen) atoms. The average Bonchev–Trinajstić information content (AvgIpc) is 2.41. The van der Waals surface area contributed by atoms with Crippen LogP contribution in [0.4, 0.5) is 0 Å². The van der Waals surface area contributed by atoms with Gasteiger partial charge in [0.15, 0.2) is 0 Å². The Morgan fingerprint density at radius 2 is 1.15 bits per heavy atom. The topological polar surface area (TPSA) is 146 Å². The second-order valence-corrected chi connectivity index (χ2v) is 38.5. The highest BCUT2D eigenvalue weighted by Gasteiger charge is 2.48. The van der Waals surface area contributed by atoms with Gasteiger partial charge in [0, 0.05) is 0 Å². The van der Waals surface area contributed by atoms with Gasteiger partial charge in [-0.2, -0.15) is 0 Å². The van der Waals surface area contributed by atoms with Crippen LogP contribution in [0.5, 0.6) is 0 Å². The maximum atomic E-state index is 11.7. The molecule has 0 aliphatic carbocycles. The van der Waals surface area contributed by atoms with Crippen molar-refractivity contribution >= 4 is 72.7 Å². The first-order valence-corrected chi connectivity index (χ1v) is 25.4. The van der Waals surface area contributed by atoms with Crippen LogP contribution in [-0.2, 0) is 39.8 Å². The Bertz CT molecular complexity index is 546. The highest BCUT2D eigenvalue weighted by atomic mass is 30.0. The van der Waals surface area contributed by atoms with E-state index in [1.165, 1.54) is 0 Å². The molecule has 0 amide bonds. The van der Waals surface area contributed by atoms with E-state index in [1.54, 1.807) is 13.1 Å². The lowest BCUT2D eigenvalue weighted by atomic mass is 11.9. The third kappa shape index (κ3) is 5.87. The molecule has 0 fully saturated rings. The van der Waals surface area contributed by atoms with Gasteiger partial charge < -0.3 is 39.8 Å². The van der Waals surface area contributed by atoms with Crippen LogP contribution in [0.2, 0.25) is 13.1 Å². The second kappa shape index (κ2) is 9.23. The summed E-state index contributed by atoms with van der Waals surface area (Å²) in [5.41, 5.74) is 0. The lowest BCUT2D eigenvalue weighted by Crippen LogP contribution is -2.50. The maximum Gasteiger partial charge on any atom is 0.532 e. The Morgan fingerprint density at radius 1 is 0.750 bits per heavy atom. The van der Waals surface area contributed by atoms with Gasteiger partial charge in [-0.05, 0) is 13.1 Å². The van der Waals surface area contributed by atoms with Gasteiger partial charge in [0.1, 0.15) is 0 Å². The Labute approximate surface area is 125 Å². The summed E-state index contributed by atoms with van der Waals surface area (Å²) >= 11 is 0. The van der Waals surface area contributed by atoms with Gasteiger partial charge in [-0.15, -0.1) is 0 Å². The Kier molecular flexibility index (Phi) is 9.30. The second-order valence-electron chi connectivity index (χ2n) is 3.53. The minimum absolute atomic E-state index is 1.43. The largest absolute Gasteiger partial charge is 0.580 e. The van der Waals surface area contributed by atoms with Crippen LogP contribution in [0, 0.1) is 0 Å². The van der Waals surface area contributed by atoms with E-state index >= 15 is 0 Å². The minimum atomic E-state index is -3.52. The van der Waals surface area contributed by atoms with E-state index < -0.39 is 72.7 Å². The van der Waals surface area contributed by atoms with Crippen molar-refractivity contribution in [1.29, 1.82) is 0 Å². The summed E-state index contributed by atoms with van der Waals surface area (Å²) in [6.07, 6.45) is 0. The molecule has 0 heterocycles. The van der Waals surface area contributed by atoms with Crippen molar-refractivity contribution in [2.75, 3.05) is 0 Å². The summed E-state index contributed by atoms with van der Waals surface area (Å²) in [6.45, 7) is 3.28. The molecule has 0 saturated heterocycles. The zero-order valence-corrected chi connectivity index (χ0v) is 19.4. The molecule has 0 saturated carbocycles. The Morgan fingerprint density at radius 3 is 1.55 bits per heavy atom. The lowest BCUT2D eigenvalue weighted by molar-refractivity contribution is 0.471. The molecule has 1 radical (unpaired) electrons. The third-order valence-electron chi connectivity index (χ3n) is 1.65. The number of hydrogen-bond acceptors (Lipinski definition) is 9. The van der Waals surface area contributed by atoms with Crippen LogP contribution in [0.1, 0.15) is 0 Å². The molecule has 0 spiro atoms. The zero-order valence-electron chi connectivity index (χ0n) is 10.3. The van der Waals surface area contributed by atoms with Crippen molar-refractivity contribution in [1.82, 2.24) is 0 Å². The van der Waals surface area contributed by atoms with E-state index in [1.807, 2.05) is 0 Å². The fraction of sp³-hybridized carbons (Fsp3) is 1.00. The fourth-order valence-electron chi connectivity index (χ4n) is 0.819. The van der Waals surface area contributed by atoms with Gasteiger partial charge in [-0.25, -0.2) is 0 Å². The van der Waals surface area contributed by atoms with Crippen LogP contribution in [0.25, 0.3) is 0 Å². The van der Waals surface area contributed by atoms with Gasteiger partial charge in [0.25, 0.3) is 0 Å². The monoisotopic (exact) mass is 427 g/mol. The molecular formula is C2H7O9Si9. The average molecular weight is 428 g/mol. The fourth-order valence-corrected chi connectivity index (χ4v) is 64.1. The van der Waals surface area contributed by atoms with E-state index in [0.29, 0.717) is 0 Å². The quantitative estimate of drug-likeness (QED) is 0.341. The smallest absolute Gasteiger partial charge is 0.532 e. The van der Waals surface area contributed by atoms with Crippen molar-refractivity contribution < 1.29 is 39.8 Å². The van der Waals surface area contributed by atoms with E-state index in [0.717, 1.165) is 0 Å². The molecule has 0 N–H and O–H groups in total. The van der Waals surface area contributed by atoms with Gasteiger partial charge in [-0.3, -0.25) is 0 Å². The van der Waals surface area contributed by atoms with E-state index in [9.17, 15) is 35.7 Å². The van der Waals surface area contributed by atoms with Gasteiger partial charge in [0.05, 0.1) is 0 Å². The summed E-state index contributed by atoms with van der Waals surface area (Å²) in [6, 6.07) is 0. The van der Waals surface area contributed by atoms with E-state index in [2.05, 4.69) is 0 Å². The predicted octanol–water partition coefficient (Wildman–Crippen LogP) is -3.55. The van der Waals surface area contributed by atoms with Crippen molar-refractivity contribution in [3.05, 3.63) is 0 Å². The first kappa shape index (κ1) is 20.2. The summed E-state index contributed by atoms with van der Waals surface area (Å²) in [5, 5.41) is 0. The SMILES string of the molecule is C[SiH](C)O[Si](=O)[Si](=O)[Si](=O)[Si](=O)[Si](=O)[Si](=O)[Si](=O)[Si]=O. The van der Waals surface area contributed by atoms with Crippen molar-refractivity contribution in [2.45, 2.75) is 13.1 Å². The summed E-state index contributed by atoms with van der Waals surface area (Å²) < 4.78 is 95.5. The molecule has 0 bridgehead atoms. The molecular weight excluding hydrogens is 421 g/mol. The molecule has 0 aromatic heterocycles. The third-order valence-corrected chi connectivity index (χ3v) is 50.4. The van der Waals surface area contributed by atoms with Gasteiger partial charge >= 0.3 is 63.7 Å². The summed E-state index contributed by atoms with van der Waals surface area (Å²) in [5.74, 6) is 0. The minimum Gasteiger partial charge on any atom is -0.580 e. The molecule has 0 rings (SSSR count). The molecule has 18 heteroatoms. The maximum absolute atomic E-state index is 11.7. The van der Waals surface area contributed by atoms with Crippen LogP contribution in [0.3, 0.4) is 0 Å². The lowest BCUT2D eigenvalue weighted by Gasteiger charge is -2.03. The molecule has 0 aromatic carbocycles. The predicted molar refractivity (Wildman–Crippen MR) is 71.5 cm³/mol. The van der Waals surface area contributed by atoms with Gasteiger partial charge in [0.2, 0.25) is 9.04 Å². The normalized spacial score (nSPS) is 9.55. The van der Waals surface area contributed by atoms with Crippen LogP contribution < -0.4 is 0 Å². The van der Waals surface area contributed by atoms with E-state index in [4.69, 9.17) is 4.12 Å². The molecule has 9 nitrogen and oxygen atoms in total. The molecule has 0 unspecified atom stereocenters. The Balaban J connectivity index is 5.00. The van der Waals surface area contributed by atoms with E-state index in [-0.39, 0.29) is 0 Å². The highest BCUT2D eigenvalue weighted by Crippen LogP contribution is 1.87. The molecule has 105 valence electrons. The van der Waals surface area contributed by atoms with Crippen molar-refractivity contribution in [3.63, 3.8) is 0 Å². The first-order valence-electron chi connectivity index (χ1n) is 4.98. The molecule has 0 aliphatic rings. The molecule has 0 aromatic rings. The molecule has 0 aliphatic heterocycles. The first-order chi connectivity index (χ1) is 9.13. The van der Waals surface area contributed by atoms with Crippen molar-refractivity contribution in [3.8, 4) is 0 Å². The van der Waals surface area contributed by atoms with Crippen LogP contribution >= 0.6 is 0 Å². The van der Waals surface area contributed by atoms with Gasteiger partial charge in [-0.1, -0.05) is 0 Å². The summed E-state index contributed by atoms with van der Waals surface area (Å²) in [4.78, 5) is 0. The summed E-state index contributed by atoms with van der Waals surface area (Å²) in [7, 11) is -26.6. The number of hydrogen-bond donors (Lipinski definition) is 0. The molecule has 0 atom stereocenters. The Hall–Kier alpha value is 0.152. The van der Waals surface area contributed by atoms with Crippen LogP contribution in [0.15, 0.2) is 0 Å². The number of rotatable bonds is 9. The highest BCUT2D eigenvalue weighted by molar-refractivity contribution is 7.72. The standard InChI is InChI=1S/C2H7O9Si9/c1-13(2)11-14(4)16(6)18(8)20(10)19(9)17(7)15(5)12-3/h13H,1-2H3. The van der Waals surface area contributed by atoms with Crippen molar-refractivity contribution in [2.24, 2.45) is 0 Å². The van der Waals surface area contributed by atoms with Crippen LogP contribution in [-0.4, -0.2) is 72.7 Å². The zero-order chi connectivity index (χ0) is 16.0.